The van der Waals surface area contributed by atoms with Crippen LogP contribution in [0, 0.1) is 12.8 Å². The second kappa shape index (κ2) is 18.6. The summed E-state index contributed by atoms with van der Waals surface area (Å²) in [6.45, 7) is 8.78. The van der Waals surface area contributed by atoms with Crippen molar-refractivity contribution in [3.63, 3.8) is 0 Å². The summed E-state index contributed by atoms with van der Waals surface area (Å²) in [5, 5.41) is 2.87. The number of esters is 1. The molecular formula is C29H49NO3. The van der Waals surface area contributed by atoms with Crippen molar-refractivity contribution >= 4 is 11.9 Å². The molecule has 188 valence electrons. The van der Waals surface area contributed by atoms with Crippen molar-refractivity contribution in [2.24, 2.45) is 5.92 Å². The largest absolute Gasteiger partial charge is 0.464 e. The molecule has 0 aliphatic carbocycles. The molecule has 0 aliphatic heterocycles. The lowest BCUT2D eigenvalue weighted by molar-refractivity contribution is -0.146. The van der Waals surface area contributed by atoms with Crippen molar-refractivity contribution < 1.29 is 14.3 Å². The highest BCUT2D eigenvalue weighted by molar-refractivity contribution is 5.96. The Kier molecular flexibility index (Phi) is 16.4. The van der Waals surface area contributed by atoms with Crippen LogP contribution in [0.2, 0.25) is 0 Å². The highest BCUT2D eigenvalue weighted by atomic mass is 16.5. The summed E-state index contributed by atoms with van der Waals surface area (Å²) in [6, 6.07) is 6.78. The molecule has 1 amide bonds. The molecule has 0 spiro atoms. The molecule has 33 heavy (non-hydrogen) atoms. The zero-order valence-electron chi connectivity index (χ0n) is 21.8. The predicted molar refractivity (Wildman–Crippen MR) is 139 cm³/mol. The summed E-state index contributed by atoms with van der Waals surface area (Å²) in [7, 11) is 0. The first-order valence-electron chi connectivity index (χ1n) is 13.5. The summed E-state index contributed by atoms with van der Waals surface area (Å²) in [4.78, 5) is 25.1. The van der Waals surface area contributed by atoms with Crippen LogP contribution in [-0.2, 0) is 9.53 Å². The molecule has 1 aromatic rings. The van der Waals surface area contributed by atoms with Crippen LogP contribution in [0.5, 0.6) is 0 Å². The average molecular weight is 460 g/mol. The van der Waals surface area contributed by atoms with Gasteiger partial charge in [-0.1, -0.05) is 116 Å². The van der Waals surface area contributed by atoms with E-state index >= 15 is 0 Å². The number of benzene rings is 1. The Morgan fingerprint density at radius 2 is 1.27 bits per heavy atom. The van der Waals surface area contributed by atoms with E-state index in [0.717, 1.165) is 18.4 Å². The van der Waals surface area contributed by atoms with Crippen LogP contribution in [0.25, 0.3) is 0 Å². The van der Waals surface area contributed by atoms with Gasteiger partial charge < -0.3 is 10.1 Å². The van der Waals surface area contributed by atoms with Gasteiger partial charge in [0.05, 0.1) is 6.61 Å². The topological polar surface area (TPSA) is 55.4 Å². The molecule has 0 saturated carbocycles. The van der Waals surface area contributed by atoms with E-state index in [1.54, 1.807) is 12.1 Å². The molecule has 1 unspecified atom stereocenters. The van der Waals surface area contributed by atoms with Crippen LogP contribution in [0.1, 0.15) is 127 Å². The van der Waals surface area contributed by atoms with Crippen LogP contribution in [0.15, 0.2) is 24.3 Å². The first-order valence-corrected chi connectivity index (χ1v) is 13.5. The van der Waals surface area contributed by atoms with Crippen LogP contribution >= 0.6 is 0 Å². The maximum Gasteiger partial charge on any atom is 0.328 e. The lowest BCUT2D eigenvalue weighted by Gasteiger charge is -2.19. The van der Waals surface area contributed by atoms with E-state index < -0.39 is 6.04 Å². The number of nitrogens with one attached hydrogen (secondary N) is 1. The van der Waals surface area contributed by atoms with Gasteiger partial charge in [0.15, 0.2) is 0 Å². The lowest BCUT2D eigenvalue weighted by atomic mass is 10.0. The van der Waals surface area contributed by atoms with E-state index in [1.807, 2.05) is 32.9 Å². The number of hydrogen-bond acceptors (Lipinski definition) is 3. The van der Waals surface area contributed by atoms with Gasteiger partial charge >= 0.3 is 5.97 Å². The van der Waals surface area contributed by atoms with E-state index in [0.29, 0.717) is 18.6 Å². The highest BCUT2D eigenvalue weighted by Gasteiger charge is 2.23. The van der Waals surface area contributed by atoms with Gasteiger partial charge in [0.1, 0.15) is 6.04 Å². The number of carbonyl (C=O) groups is 2. The molecule has 0 heterocycles. The Hall–Kier alpha value is -1.84. The summed E-state index contributed by atoms with van der Waals surface area (Å²) < 4.78 is 5.51. The molecule has 0 aromatic heterocycles. The molecule has 1 rings (SSSR count). The van der Waals surface area contributed by atoms with Crippen molar-refractivity contribution in [1.82, 2.24) is 5.32 Å². The summed E-state index contributed by atoms with van der Waals surface area (Å²) in [5.41, 5.74) is 1.67. The van der Waals surface area contributed by atoms with Crippen molar-refractivity contribution in [2.75, 3.05) is 6.61 Å². The molecule has 0 saturated heterocycles. The molecule has 1 atom stereocenters. The molecular weight excluding hydrogens is 410 g/mol. The maximum atomic E-state index is 12.6. The lowest BCUT2D eigenvalue weighted by Crippen LogP contribution is -2.42. The van der Waals surface area contributed by atoms with E-state index in [1.165, 1.54) is 70.6 Å². The third kappa shape index (κ3) is 14.8. The third-order valence-electron chi connectivity index (χ3n) is 6.10. The molecule has 0 bridgehead atoms. The number of unbranched alkanes of at least 4 members (excludes halogenated alkanes) is 12. The van der Waals surface area contributed by atoms with Crippen molar-refractivity contribution in [3.8, 4) is 0 Å². The van der Waals surface area contributed by atoms with Gasteiger partial charge in [-0.05, 0) is 37.8 Å². The second-order valence-corrected chi connectivity index (χ2v) is 9.93. The number of hydrogen-bond donors (Lipinski definition) is 1. The van der Waals surface area contributed by atoms with Crippen molar-refractivity contribution in [3.05, 3.63) is 35.4 Å². The quantitative estimate of drug-likeness (QED) is 0.170. The predicted octanol–water partition coefficient (Wildman–Crippen LogP) is 7.77. The van der Waals surface area contributed by atoms with Crippen molar-refractivity contribution in [1.29, 1.82) is 0 Å². The summed E-state index contributed by atoms with van der Waals surface area (Å²) in [5.74, 6) is -0.251. The minimum absolute atomic E-state index is 0.224. The molecule has 0 fully saturated rings. The van der Waals surface area contributed by atoms with E-state index in [4.69, 9.17) is 4.74 Å². The highest BCUT2D eigenvalue weighted by Crippen LogP contribution is 2.13. The van der Waals surface area contributed by atoms with Crippen LogP contribution in [0.3, 0.4) is 0 Å². The fraction of sp³-hybridized carbons (Fsp3) is 0.724. The standard InChI is InChI=1S/C29H49NO3/c1-5-6-7-8-9-10-11-12-13-14-15-16-17-22-33-29(32)27(23-24(2)3)30-28(31)26-20-18-25(4)19-21-26/h18-21,24,27H,5-17,22-23H2,1-4H3,(H,30,31). The minimum Gasteiger partial charge on any atom is -0.464 e. The number of amides is 1. The van der Waals surface area contributed by atoms with Gasteiger partial charge in [0.2, 0.25) is 0 Å². The first kappa shape index (κ1) is 29.2. The van der Waals surface area contributed by atoms with E-state index in [9.17, 15) is 9.59 Å². The molecule has 0 radical (unpaired) electrons. The summed E-state index contributed by atoms with van der Waals surface area (Å²) in [6.07, 6.45) is 17.4. The third-order valence-corrected chi connectivity index (χ3v) is 6.10. The van der Waals surface area contributed by atoms with Gasteiger partial charge in [-0.15, -0.1) is 0 Å². The molecule has 4 nitrogen and oxygen atoms in total. The van der Waals surface area contributed by atoms with Crippen LogP contribution < -0.4 is 5.32 Å². The number of ether oxygens (including phenoxy) is 1. The molecule has 4 heteroatoms. The Morgan fingerprint density at radius 3 is 1.76 bits per heavy atom. The van der Waals surface area contributed by atoms with E-state index in [2.05, 4.69) is 12.2 Å². The van der Waals surface area contributed by atoms with Gasteiger partial charge in [0.25, 0.3) is 5.91 Å². The molecule has 1 aromatic carbocycles. The number of rotatable bonds is 19. The fourth-order valence-electron chi connectivity index (χ4n) is 4.03. The SMILES string of the molecule is CCCCCCCCCCCCCCCOC(=O)C(CC(C)C)NC(=O)c1ccc(C)cc1. The Morgan fingerprint density at radius 1 is 0.788 bits per heavy atom. The monoisotopic (exact) mass is 459 g/mol. The van der Waals surface area contributed by atoms with E-state index in [-0.39, 0.29) is 17.8 Å². The molecule has 1 N–H and O–H groups in total. The first-order chi connectivity index (χ1) is 15.9. The zero-order valence-corrected chi connectivity index (χ0v) is 21.8. The van der Waals surface area contributed by atoms with Crippen molar-refractivity contribution in [2.45, 2.75) is 124 Å². The Balaban J connectivity index is 2.16. The fourth-order valence-corrected chi connectivity index (χ4v) is 4.03. The van der Waals surface area contributed by atoms with Gasteiger partial charge in [0, 0.05) is 5.56 Å². The number of carbonyl (C=O) groups excluding carboxylic acids is 2. The number of aryl methyl sites for hydroxylation is 1. The Bertz CT molecular complexity index is 639. The average Bonchev–Trinajstić information content (AvgIpc) is 2.78. The minimum atomic E-state index is -0.597. The van der Waals surface area contributed by atoms with Gasteiger partial charge in [-0.3, -0.25) is 4.79 Å². The van der Waals surface area contributed by atoms with Crippen LogP contribution in [-0.4, -0.2) is 24.5 Å². The van der Waals surface area contributed by atoms with Crippen LogP contribution in [0.4, 0.5) is 0 Å². The van der Waals surface area contributed by atoms with Gasteiger partial charge in [-0.2, -0.15) is 0 Å². The second-order valence-electron chi connectivity index (χ2n) is 9.93. The maximum absolute atomic E-state index is 12.6. The molecule has 0 aliphatic rings. The summed E-state index contributed by atoms with van der Waals surface area (Å²) >= 11 is 0. The normalized spacial score (nSPS) is 12.0. The van der Waals surface area contributed by atoms with Gasteiger partial charge in [-0.25, -0.2) is 4.79 Å². The smallest absolute Gasteiger partial charge is 0.328 e. The zero-order chi connectivity index (χ0) is 24.3. The Labute approximate surface area is 203 Å².